The highest BCUT2D eigenvalue weighted by atomic mass is 16.6. The van der Waals surface area contributed by atoms with Gasteiger partial charge in [0.2, 0.25) is 0 Å². The molecule has 11 atom stereocenters. The summed E-state index contributed by atoms with van der Waals surface area (Å²) in [6.07, 6.45) is 37.8. The second kappa shape index (κ2) is 24.9. The molecule has 6 heteroatoms. The molecule has 0 aromatic carbocycles. The second-order valence-electron chi connectivity index (χ2n) is 22.0. The molecule has 8 rings (SSSR count). The molecule has 0 aromatic heterocycles. The van der Waals surface area contributed by atoms with Gasteiger partial charge in [-0.05, 0) is 118 Å². The SMILES string of the molecule is C=CC1(C)CO1.C=CC1(C)CO1.C=C[C@]12CCCCCC[C@H]1O2.CC(C)C[C@H]1C[C@@]1(C)CO.CCCCC[C@H]1C[C@@]1(C)CO.CCCCC[C@H]1C[C@]12CCCCCCC2O. The number of unbranched alkanes of at least 4 members (excludes halogenated alkanes) is 4. The molecule has 0 bridgehead atoms. The first-order valence-electron chi connectivity index (χ1n) is 25.3. The third kappa shape index (κ3) is 17.9. The molecule has 8 aliphatic rings. The molecule has 60 heavy (non-hydrogen) atoms. The van der Waals surface area contributed by atoms with E-state index in [0.717, 1.165) is 43.3 Å². The van der Waals surface area contributed by atoms with Gasteiger partial charge in [-0.15, -0.1) is 19.7 Å². The Hall–Kier alpha value is -1.02. The first-order valence-corrected chi connectivity index (χ1v) is 25.3. The van der Waals surface area contributed by atoms with Crippen molar-refractivity contribution < 1.29 is 29.5 Å². The molecule has 3 aliphatic heterocycles. The first kappa shape index (κ1) is 53.3. The monoisotopic (exact) mass is 843 g/mol. The number of aliphatic hydroxyl groups excluding tert-OH is 3. The van der Waals surface area contributed by atoms with Gasteiger partial charge in [0, 0.05) is 13.2 Å². The minimum absolute atomic E-state index is 0.0272. The second-order valence-corrected chi connectivity index (χ2v) is 22.0. The van der Waals surface area contributed by atoms with Gasteiger partial charge in [-0.2, -0.15) is 0 Å². The van der Waals surface area contributed by atoms with Crippen LogP contribution in [0.25, 0.3) is 0 Å². The molecule has 3 saturated heterocycles. The summed E-state index contributed by atoms with van der Waals surface area (Å²) in [5.41, 5.74) is 1.23. The molecule has 5 aliphatic carbocycles. The third-order valence-electron chi connectivity index (χ3n) is 15.7. The van der Waals surface area contributed by atoms with Crippen LogP contribution >= 0.6 is 0 Å². The molecule has 5 saturated carbocycles. The normalized spacial score (nSPS) is 39.9. The van der Waals surface area contributed by atoms with Crippen LogP contribution in [-0.2, 0) is 14.2 Å². The van der Waals surface area contributed by atoms with Gasteiger partial charge in [0.05, 0.1) is 25.4 Å². The summed E-state index contributed by atoms with van der Waals surface area (Å²) in [4.78, 5) is 0. The maximum Gasteiger partial charge on any atom is 0.113 e. The lowest BCUT2D eigenvalue weighted by Gasteiger charge is -2.26. The van der Waals surface area contributed by atoms with Crippen molar-refractivity contribution in [2.24, 2.45) is 39.9 Å². The van der Waals surface area contributed by atoms with Crippen LogP contribution in [0.1, 0.15) is 209 Å². The maximum absolute atomic E-state index is 10.3. The highest BCUT2D eigenvalue weighted by Gasteiger charge is 2.57. The van der Waals surface area contributed by atoms with Crippen LogP contribution in [0.15, 0.2) is 38.0 Å². The van der Waals surface area contributed by atoms with Gasteiger partial charge in [0.15, 0.2) is 0 Å². The van der Waals surface area contributed by atoms with Crippen molar-refractivity contribution in [1.29, 1.82) is 0 Å². The van der Waals surface area contributed by atoms with Gasteiger partial charge in [-0.1, -0.05) is 150 Å². The maximum atomic E-state index is 10.3. The highest BCUT2D eigenvalue weighted by molar-refractivity contribution is 5.14. The van der Waals surface area contributed by atoms with Crippen LogP contribution in [0.5, 0.6) is 0 Å². The fraction of sp³-hybridized carbons (Fsp3) is 0.889. The molecular formula is C54H98O6. The zero-order valence-electron chi connectivity index (χ0n) is 40.7. The topological polar surface area (TPSA) is 98.3 Å². The molecule has 3 N–H and O–H groups in total. The number of rotatable bonds is 15. The van der Waals surface area contributed by atoms with E-state index in [-0.39, 0.29) is 22.9 Å². The van der Waals surface area contributed by atoms with Crippen molar-refractivity contribution >= 4 is 0 Å². The van der Waals surface area contributed by atoms with E-state index in [1.165, 1.54) is 148 Å². The van der Waals surface area contributed by atoms with E-state index in [4.69, 9.17) is 24.4 Å². The molecule has 3 heterocycles. The minimum Gasteiger partial charge on any atom is -0.396 e. The molecule has 350 valence electrons. The number of epoxide rings is 3. The average molecular weight is 843 g/mol. The summed E-state index contributed by atoms with van der Waals surface area (Å²) >= 11 is 0. The smallest absolute Gasteiger partial charge is 0.113 e. The molecule has 1 spiro atoms. The van der Waals surface area contributed by atoms with Crippen LogP contribution < -0.4 is 0 Å². The van der Waals surface area contributed by atoms with Gasteiger partial charge in [-0.3, -0.25) is 0 Å². The van der Waals surface area contributed by atoms with Gasteiger partial charge in [0.1, 0.15) is 16.8 Å². The molecular weight excluding hydrogens is 745 g/mol. The summed E-state index contributed by atoms with van der Waals surface area (Å²) in [7, 11) is 0. The van der Waals surface area contributed by atoms with Gasteiger partial charge < -0.3 is 29.5 Å². The van der Waals surface area contributed by atoms with Crippen LogP contribution in [0.3, 0.4) is 0 Å². The molecule has 3 unspecified atom stereocenters. The van der Waals surface area contributed by atoms with Crippen molar-refractivity contribution in [3.8, 4) is 0 Å². The van der Waals surface area contributed by atoms with Gasteiger partial charge >= 0.3 is 0 Å². The number of hydrogen-bond donors (Lipinski definition) is 3. The zero-order valence-corrected chi connectivity index (χ0v) is 40.7. The summed E-state index contributed by atoms with van der Waals surface area (Å²) in [5, 5.41) is 28.3. The van der Waals surface area contributed by atoms with Crippen LogP contribution in [0.2, 0.25) is 0 Å². The lowest BCUT2D eigenvalue weighted by atomic mass is 9.83. The Labute approximate surface area is 371 Å². The number of ether oxygens (including phenoxy) is 3. The van der Waals surface area contributed by atoms with Crippen LogP contribution in [-0.4, -0.2) is 70.8 Å². The molecule has 6 nitrogen and oxygen atoms in total. The quantitative estimate of drug-likeness (QED) is 0.0863. The van der Waals surface area contributed by atoms with Crippen LogP contribution in [0, 0.1) is 39.9 Å². The van der Waals surface area contributed by atoms with Crippen molar-refractivity contribution in [1.82, 2.24) is 0 Å². The van der Waals surface area contributed by atoms with Crippen molar-refractivity contribution in [2.75, 3.05) is 26.4 Å². The molecule has 0 aromatic rings. The summed E-state index contributed by atoms with van der Waals surface area (Å²) in [6, 6.07) is 0. The van der Waals surface area contributed by atoms with Crippen molar-refractivity contribution in [2.45, 2.75) is 239 Å². The van der Waals surface area contributed by atoms with Crippen molar-refractivity contribution in [3.63, 3.8) is 0 Å². The molecule has 0 amide bonds. The van der Waals surface area contributed by atoms with Crippen molar-refractivity contribution in [3.05, 3.63) is 38.0 Å². The lowest BCUT2D eigenvalue weighted by Crippen LogP contribution is -2.25. The predicted molar refractivity (Wildman–Crippen MR) is 253 cm³/mol. The Kier molecular flexibility index (Phi) is 22.1. The van der Waals surface area contributed by atoms with Crippen LogP contribution in [0.4, 0.5) is 0 Å². The van der Waals surface area contributed by atoms with E-state index in [1.807, 2.05) is 32.1 Å². The minimum atomic E-state index is 0.0272. The highest BCUT2D eigenvalue weighted by Crippen LogP contribution is 2.62. The summed E-state index contributed by atoms with van der Waals surface area (Å²) < 4.78 is 15.5. The standard InChI is InChI=1S/C15H28O.C10H16O.C10H20O.C9H18O.2C5H8O/c1-2-3-6-9-13-12-15(13)11-8-5-4-7-10-14(15)16;1-2-10-8-6-4-3-5-7-9(10)11-10;1-3-4-5-6-9-7-10(9,2)8-11;1-7(2)4-8-5-9(8,3)6-10;2*1-3-5(2)4-6-5/h13-14,16H,2-12H2,1H3;2,9H,1,3-8H2;9,11H,3-8H2,1-2H3;7-8,10H,4-6H2,1-3H3;2*3H,1,4H2,2H3/t13-,14?,15+;9-,10+;9-,10-;8-,9-;;/m0100../s1. The van der Waals surface area contributed by atoms with E-state index >= 15 is 0 Å². The number of hydrogen-bond acceptors (Lipinski definition) is 6. The fourth-order valence-electron chi connectivity index (χ4n) is 9.75. The summed E-state index contributed by atoms with van der Waals surface area (Å²) in [6.45, 7) is 30.9. The molecule has 0 radical (unpaired) electrons. The Bertz CT molecular complexity index is 1220. The van der Waals surface area contributed by atoms with E-state index < -0.39 is 0 Å². The zero-order chi connectivity index (χ0) is 44.5. The van der Waals surface area contributed by atoms with Gasteiger partial charge in [0.25, 0.3) is 0 Å². The van der Waals surface area contributed by atoms with E-state index in [9.17, 15) is 5.11 Å². The first-order chi connectivity index (χ1) is 28.5. The van der Waals surface area contributed by atoms with E-state index in [0.29, 0.717) is 35.6 Å². The summed E-state index contributed by atoms with van der Waals surface area (Å²) in [5.74, 6) is 3.29. The van der Waals surface area contributed by atoms with E-state index in [1.54, 1.807) is 0 Å². The Morgan fingerprint density at radius 3 is 1.53 bits per heavy atom. The Balaban J connectivity index is 0.000000198. The Morgan fingerprint density at radius 1 is 0.617 bits per heavy atom. The average Bonchev–Trinajstić information content (AvgIpc) is 3.94. The predicted octanol–water partition coefficient (Wildman–Crippen LogP) is 13.5. The molecule has 8 fully saturated rings. The van der Waals surface area contributed by atoms with E-state index in [2.05, 4.69) is 61.3 Å². The van der Waals surface area contributed by atoms with Gasteiger partial charge in [-0.25, -0.2) is 0 Å². The Morgan fingerprint density at radius 2 is 1.10 bits per heavy atom. The lowest BCUT2D eigenvalue weighted by molar-refractivity contribution is 0.0577. The third-order valence-corrected chi connectivity index (χ3v) is 15.7. The largest absolute Gasteiger partial charge is 0.396 e. The number of aliphatic hydroxyl groups is 3. The number of fused-ring (bicyclic) bond motifs is 1. The fourth-order valence-corrected chi connectivity index (χ4v) is 9.75.